The van der Waals surface area contributed by atoms with Crippen molar-refractivity contribution in [2.75, 3.05) is 46.8 Å². The zero-order valence-electron chi connectivity index (χ0n) is 18.5. The molecular weight excluding hydrogens is 342 g/mol. The molecule has 0 bridgehead atoms. The van der Waals surface area contributed by atoms with E-state index >= 15 is 0 Å². The maximum atomic E-state index is 11.6. The monoisotopic (exact) mass is 385 g/mol. The normalized spacial score (nSPS) is 12.2. The lowest BCUT2D eigenvalue weighted by molar-refractivity contribution is 0.0527. The average molecular weight is 386 g/mol. The number of unbranched alkanes of at least 4 members (excludes halogenated alkanes) is 4. The molecule has 0 fully saturated rings. The summed E-state index contributed by atoms with van der Waals surface area (Å²) < 4.78 is 5.20. The van der Waals surface area contributed by atoms with Crippen LogP contribution in [0.25, 0.3) is 0 Å². The number of hydrogen-bond donors (Lipinski definition) is 3. The zero-order chi connectivity index (χ0) is 20.5. The maximum absolute atomic E-state index is 11.6. The largest absolute Gasteiger partial charge is 0.444 e. The van der Waals surface area contributed by atoms with E-state index in [0.717, 1.165) is 31.9 Å². The van der Waals surface area contributed by atoms with Crippen LogP contribution in [-0.2, 0) is 4.74 Å². The van der Waals surface area contributed by atoms with E-state index in [2.05, 4.69) is 46.9 Å². The van der Waals surface area contributed by atoms with E-state index in [1.165, 1.54) is 32.2 Å². The first-order chi connectivity index (χ1) is 12.7. The molecule has 0 aliphatic carbocycles. The molecule has 0 aromatic carbocycles. The fourth-order valence-corrected chi connectivity index (χ4v) is 2.41. The molecule has 0 saturated carbocycles. The van der Waals surface area contributed by atoms with Crippen LogP contribution < -0.4 is 16.0 Å². The van der Waals surface area contributed by atoms with Gasteiger partial charge in [0.2, 0.25) is 0 Å². The Morgan fingerprint density at radius 1 is 0.926 bits per heavy atom. The van der Waals surface area contributed by atoms with Gasteiger partial charge >= 0.3 is 6.09 Å². The molecule has 0 atom stereocenters. The van der Waals surface area contributed by atoms with Crippen molar-refractivity contribution in [1.82, 2.24) is 20.9 Å². The molecule has 7 nitrogen and oxygen atoms in total. The number of aliphatic imine (C=N–C) groups is 1. The van der Waals surface area contributed by atoms with Gasteiger partial charge in [0, 0.05) is 26.2 Å². The number of nitrogens with zero attached hydrogens (tertiary/aromatic N) is 2. The average Bonchev–Trinajstić information content (AvgIpc) is 2.54. The molecule has 1 amide bonds. The SMILES string of the molecule is CCNC(=NCCCNC(=O)OC(C)(C)C)NCCCCCCCN(C)C. The molecule has 0 rings (SSSR count). The molecule has 0 aliphatic heterocycles. The third kappa shape index (κ3) is 19.1. The lowest BCUT2D eigenvalue weighted by Crippen LogP contribution is -2.38. The Morgan fingerprint density at radius 2 is 1.56 bits per heavy atom. The number of ether oxygens (including phenoxy) is 1. The van der Waals surface area contributed by atoms with Crippen molar-refractivity contribution >= 4 is 12.1 Å². The summed E-state index contributed by atoms with van der Waals surface area (Å²) >= 11 is 0. The van der Waals surface area contributed by atoms with Crippen LogP contribution >= 0.6 is 0 Å². The van der Waals surface area contributed by atoms with Crippen molar-refractivity contribution in [3.8, 4) is 0 Å². The fraction of sp³-hybridized carbons (Fsp3) is 0.900. The van der Waals surface area contributed by atoms with Crippen LogP contribution in [0.3, 0.4) is 0 Å². The van der Waals surface area contributed by atoms with Gasteiger partial charge in [-0.15, -0.1) is 0 Å². The number of carbonyl (C=O) groups is 1. The summed E-state index contributed by atoms with van der Waals surface area (Å²) in [6.07, 6.45) is 6.69. The van der Waals surface area contributed by atoms with Gasteiger partial charge in [0.15, 0.2) is 5.96 Å². The summed E-state index contributed by atoms with van der Waals surface area (Å²) in [4.78, 5) is 18.4. The number of nitrogens with one attached hydrogen (secondary N) is 3. The molecular formula is C20H43N5O2. The second-order valence-corrected chi connectivity index (χ2v) is 8.04. The molecule has 0 radical (unpaired) electrons. The Hall–Kier alpha value is -1.50. The Kier molecular flexibility index (Phi) is 14.7. The van der Waals surface area contributed by atoms with Crippen LogP contribution in [0.1, 0.15) is 66.2 Å². The molecule has 7 heteroatoms. The van der Waals surface area contributed by atoms with Gasteiger partial charge in [-0.2, -0.15) is 0 Å². The van der Waals surface area contributed by atoms with Crippen molar-refractivity contribution < 1.29 is 9.53 Å². The van der Waals surface area contributed by atoms with Crippen LogP contribution in [0.5, 0.6) is 0 Å². The van der Waals surface area contributed by atoms with E-state index in [-0.39, 0.29) is 6.09 Å². The maximum Gasteiger partial charge on any atom is 0.407 e. The van der Waals surface area contributed by atoms with E-state index in [9.17, 15) is 4.79 Å². The lowest BCUT2D eigenvalue weighted by atomic mass is 10.1. The van der Waals surface area contributed by atoms with Crippen LogP contribution in [-0.4, -0.2) is 69.4 Å². The predicted octanol–water partition coefficient (Wildman–Crippen LogP) is 2.97. The van der Waals surface area contributed by atoms with Crippen LogP contribution in [0.4, 0.5) is 4.79 Å². The first-order valence-corrected chi connectivity index (χ1v) is 10.4. The van der Waals surface area contributed by atoms with Gasteiger partial charge in [-0.25, -0.2) is 4.79 Å². The molecule has 0 spiro atoms. The molecule has 0 aromatic rings. The minimum atomic E-state index is -0.462. The second-order valence-electron chi connectivity index (χ2n) is 8.04. The minimum absolute atomic E-state index is 0.373. The first kappa shape index (κ1) is 25.5. The quantitative estimate of drug-likeness (QED) is 0.258. The second kappa shape index (κ2) is 15.5. The zero-order valence-corrected chi connectivity index (χ0v) is 18.5. The van der Waals surface area contributed by atoms with E-state index in [1.807, 2.05) is 20.8 Å². The number of amides is 1. The smallest absolute Gasteiger partial charge is 0.407 e. The summed E-state index contributed by atoms with van der Waals surface area (Å²) in [5, 5.41) is 9.39. The Morgan fingerprint density at radius 3 is 2.19 bits per heavy atom. The van der Waals surface area contributed by atoms with Crippen LogP contribution in [0, 0.1) is 0 Å². The number of alkyl carbamates (subject to hydrolysis) is 1. The van der Waals surface area contributed by atoms with E-state index in [1.54, 1.807) is 0 Å². The lowest BCUT2D eigenvalue weighted by Gasteiger charge is -2.19. The number of hydrogen-bond acceptors (Lipinski definition) is 4. The third-order valence-electron chi connectivity index (χ3n) is 3.69. The van der Waals surface area contributed by atoms with Gasteiger partial charge in [-0.05, 0) is 67.6 Å². The summed E-state index contributed by atoms with van der Waals surface area (Å²) in [6.45, 7) is 11.8. The third-order valence-corrected chi connectivity index (χ3v) is 3.69. The van der Waals surface area contributed by atoms with Crippen molar-refractivity contribution in [2.24, 2.45) is 4.99 Å². The number of rotatable bonds is 13. The Bertz CT molecular complexity index is 406. The summed E-state index contributed by atoms with van der Waals surface area (Å²) in [5.74, 6) is 0.849. The Balaban J connectivity index is 3.80. The molecule has 0 aliphatic rings. The molecule has 27 heavy (non-hydrogen) atoms. The fourth-order valence-electron chi connectivity index (χ4n) is 2.41. The van der Waals surface area contributed by atoms with Crippen molar-refractivity contribution in [2.45, 2.75) is 71.8 Å². The van der Waals surface area contributed by atoms with E-state index in [4.69, 9.17) is 4.74 Å². The van der Waals surface area contributed by atoms with Gasteiger partial charge in [0.05, 0.1) is 0 Å². The molecule has 0 unspecified atom stereocenters. The molecule has 160 valence electrons. The highest BCUT2D eigenvalue weighted by Gasteiger charge is 2.15. The van der Waals surface area contributed by atoms with Crippen molar-refractivity contribution in [3.63, 3.8) is 0 Å². The molecule has 3 N–H and O–H groups in total. The summed E-state index contributed by atoms with van der Waals surface area (Å²) in [7, 11) is 4.25. The van der Waals surface area contributed by atoms with Crippen LogP contribution in [0.15, 0.2) is 4.99 Å². The highest BCUT2D eigenvalue weighted by Crippen LogP contribution is 2.06. The van der Waals surface area contributed by atoms with E-state index < -0.39 is 5.60 Å². The van der Waals surface area contributed by atoms with Crippen molar-refractivity contribution in [1.29, 1.82) is 0 Å². The molecule has 0 aromatic heterocycles. The highest BCUT2D eigenvalue weighted by atomic mass is 16.6. The van der Waals surface area contributed by atoms with Crippen molar-refractivity contribution in [3.05, 3.63) is 0 Å². The van der Waals surface area contributed by atoms with E-state index in [0.29, 0.717) is 13.1 Å². The van der Waals surface area contributed by atoms with Gasteiger partial charge in [0.1, 0.15) is 5.60 Å². The predicted molar refractivity (Wildman–Crippen MR) is 114 cm³/mol. The van der Waals surface area contributed by atoms with Gasteiger partial charge in [-0.3, -0.25) is 4.99 Å². The standard InChI is InChI=1S/C20H43N5O2/c1-7-21-18(22-14-11-9-8-10-12-17-25(5)6)23-15-13-16-24-19(26)27-20(2,3)4/h7-17H2,1-6H3,(H,24,26)(H2,21,22,23). The minimum Gasteiger partial charge on any atom is -0.444 e. The van der Waals surface area contributed by atoms with Crippen LogP contribution in [0.2, 0.25) is 0 Å². The number of guanidine groups is 1. The van der Waals surface area contributed by atoms with Gasteiger partial charge in [0.25, 0.3) is 0 Å². The van der Waals surface area contributed by atoms with Gasteiger partial charge < -0.3 is 25.6 Å². The summed E-state index contributed by atoms with van der Waals surface area (Å²) in [6, 6.07) is 0. The Labute approximate surface area is 166 Å². The molecule has 0 heterocycles. The first-order valence-electron chi connectivity index (χ1n) is 10.4. The topological polar surface area (TPSA) is 78.0 Å². The van der Waals surface area contributed by atoms with Gasteiger partial charge in [-0.1, -0.05) is 19.3 Å². The highest BCUT2D eigenvalue weighted by molar-refractivity contribution is 5.79. The number of carbonyl (C=O) groups excluding carboxylic acids is 1. The summed E-state index contributed by atoms with van der Waals surface area (Å²) in [5.41, 5.74) is -0.462. The molecule has 0 saturated heterocycles.